The van der Waals surface area contributed by atoms with Crippen LogP contribution in [0.4, 0.5) is 4.79 Å². The van der Waals surface area contributed by atoms with Crippen molar-refractivity contribution in [2.45, 2.75) is 13.3 Å². The van der Waals surface area contributed by atoms with Gasteiger partial charge in [-0.2, -0.15) is 0 Å². The minimum absolute atomic E-state index is 0. The number of nitrogens with one attached hydrogen (secondary N) is 3. The van der Waals surface area contributed by atoms with E-state index in [0.29, 0.717) is 25.6 Å². The van der Waals surface area contributed by atoms with Crippen LogP contribution in [0, 0.1) is 0 Å². The minimum atomic E-state index is -0.327. The summed E-state index contributed by atoms with van der Waals surface area (Å²) in [6, 6.07) is 3.80. The minimum Gasteiger partial charge on any atom is -0.357 e. The topological polar surface area (TPSA) is 85.8 Å². The van der Waals surface area contributed by atoms with E-state index in [1.54, 1.807) is 11.3 Å². The highest BCUT2D eigenvalue weighted by atomic mass is 127. The number of thiophene rings is 1. The number of imide groups is 1. The number of halogens is 1. The van der Waals surface area contributed by atoms with E-state index in [2.05, 4.69) is 32.4 Å². The summed E-state index contributed by atoms with van der Waals surface area (Å²) in [4.78, 5) is 29.9. The molecule has 128 valence electrons. The van der Waals surface area contributed by atoms with E-state index in [9.17, 15) is 9.59 Å². The van der Waals surface area contributed by atoms with E-state index >= 15 is 0 Å². The van der Waals surface area contributed by atoms with Crippen molar-refractivity contribution < 1.29 is 9.59 Å². The second kappa shape index (κ2) is 10.4. The highest BCUT2D eigenvalue weighted by Gasteiger charge is 2.27. The van der Waals surface area contributed by atoms with Crippen molar-refractivity contribution >= 4 is 53.2 Å². The Morgan fingerprint density at radius 2 is 2.26 bits per heavy atom. The zero-order chi connectivity index (χ0) is 15.8. The number of nitrogens with zero attached hydrogens (tertiary/aromatic N) is 2. The molecule has 7 nitrogen and oxygen atoms in total. The lowest BCUT2D eigenvalue weighted by molar-refractivity contribution is -0.124. The SMILES string of the molecule is CCNC(=NCCc1cccs1)NCCN1C(=O)CNC1=O.I. The van der Waals surface area contributed by atoms with Crippen molar-refractivity contribution in [2.24, 2.45) is 4.99 Å². The second-order valence-corrected chi connectivity index (χ2v) is 5.75. The molecule has 0 atom stereocenters. The van der Waals surface area contributed by atoms with Gasteiger partial charge in [0.1, 0.15) is 0 Å². The fraction of sp³-hybridized carbons (Fsp3) is 0.500. The van der Waals surface area contributed by atoms with Gasteiger partial charge in [0.2, 0.25) is 5.91 Å². The second-order valence-electron chi connectivity index (χ2n) is 4.72. The first-order valence-electron chi connectivity index (χ1n) is 7.33. The quantitative estimate of drug-likeness (QED) is 0.250. The lowest BCUT2D eigenvalue weighted by Crippen LogP contribution is -2.43. The van der Waals surface area contributed by atoms with Gasteiger partial charge in [-0.3, -0.25) is 14.7 Å². The molecule has 1 fully saturated rings. The maximum absolute atomic E-state index is 11.5. The number of aliphatic imine (C=N–C) groups is 1. The fourth-order valence-electron chi connectivity index (χ4n) is 2.04. The Morgan fingerprint density at radius 1 is 1.43 bits per heavy atom. The van der Waals surface area contributed by atoms with Gasteiger partial charge in [0, 0.05) is 37.5 Å². The van der Waals surface area contributed by atoms with Crippen molar-refractivity contribution in [2.75, 3.05) is 32.7 Å². The molecule has 9 heteroatoms. The molecule has 0 saturated carbocycles. The third kappa shape index (κ3) is 6.34. The van der Waals surface area contributed by atoms with Gasteiger partial charge in [-0.05, 0) is 18.4 Å². The van der Waals surface area contributed by atoms with Gasteiger partial charge in [-0.25, -0.2) is 4.79 Å². The van der Waals surface area contributed by atoms with Crippen LogP contribution in [0.25, 0.3) is 0 Å². The van der Waals surface area contributed by atoms with E-state index < -0.39 is 0 Å². The number of rotatable bonds is 7. The Balaban J connectivity index is 0.00000264. The van der Waals surface area contributed by atoms with Gasteiger partial charge in [-0.15, -0.1) is 35.3 Å². The molecule has 0 aliphatic carbocycles. The Morgan fingerprint density at radius 3 is 2.87 bits per heavy atom. The summed E-state index contributed by atoms with van der Waals surface area (Å²) in [7, 11) is 0. The molecule has 1 aliphatic rings. The molecule has 0 unspecified atom stereocenters. The largest absolute Gasteiger partial charge is 0.357 e. The number of carbonyl (C=O) groups excluding carboxylic acids is 2. The Hall–Kier alpha value is -1.36. The average Bonchev–Trinajstić information content (AvgIpc) is 3.12. The zero-order valence-electron chi connectivity index (χ0n) is 13.0. The third-order valence-electron chi connectivity index (χ3n) is 3.12. The number of amides is 3. The van der Waals surface area contributed by atoms with E-state index in [0.717, 1.165) is 13.0 Å². The normalized spacial score (nSPS) is 14.5. The predicted molar refractivity (Wildman–Crippen MR) is 103 cm³/mol. The summed E-state index contributed by atoms with van der Waals surface area (Å²) in [6.45, 7) is 4.35. The van der Waals surface area contributed by atoms with Crippen LogP contribution >= 0.6 is 35.3 Å². The summed E-state index contributed by atoms with van der Waals surface area (Å²) in [5, 5.41) is 10.8. The van der Waals surface area contributed by atoms with Gasteiger partial charge < -0.3 is 16.0 Å². The van der Waals surface area contributed by atoms with E-state index in [1.807, 2.05) is 13.0 Å². The summed E-state index contributed by atoms with van der Waals surface area (Å²) in [6.07, 6.45) is 0.904. The highest BCUT2D eigenvalue weighted by Crippen LogP contribution is 2.08. The van der Waals surface area contributed by atoms with Crippen LogP contribution in [0.15, 0.2) is 22.5 Å². The molecule has 1 aliphatic heterocycles. The van der Waals surface area contributed by atoms with E-state index in [1.165, 1.54) is 9.78 Å². The molecule has 0 spiro atoms. The summed E-state index contributed by atoms with van der Waals surface area (Å²) >= 11 is 1.72. The molecule has 0 aromatic carbocycles. The molecular formula is C14H22IN5O2S. The molecule has 1 aromatic heterocycles. The molecule has 3 N–H and O–H groups in total. The van der Waals surface area contributed by atoms with E-state index in [4.69, 9.17) is 0 Å². The molecule has 2 heterocycles. The van der Waals surface area contributed by atoms with Gasteiger partial charge in [-0.1, -0.05) is 6.07 Å². The average molecular weight is 451 g/mol. The smallest absolute Gasteiger partial charge is 0.324 e. The monoisotopic (exact) mass is 451 g/mol. The van der Waals surface area contributed by atoms with Crippen LogP contribution in [0.5, 0.6) is 0 Å². The summed E-state index contributed by atoms with van der Waals surface area (Å²) in [5.74, 6) is 0.512. The van der Waals surface area contributed by atoms with E-state index in [-0.39, 0.29) is 42.5 Å². The molecule has 3 amide bonds. The van der Waals surface area contributed by atoms with Crippen molar-refractivity contribution in [3.8, 4) is 0 Å². The van der Waals surface area contributed by atoms with Gasteiger partial charge >= 0.3 is 6.03 Å². The van der Waals surface area contributed by atoms with Gasteiger partial charge in [0.25, 0.3) is 0 Å². The highest BCUT2D eigenvalue weighted by molar-refractivity contribution is 14.0. The molecule has 0 bridgehead atoms. The number of hydrogen-bond acceptors (Lipinski definition) is 4. The lowest BCUT2D eigenvalue weighted by Gasteiger charge is -2.15. The first-order chi connectivity index (χ1) is 10.7. The van der Waals surface area contributed by atoms with Crippen molar-refractivity contribution in [1.82, 2.24) is 20.9 Å². The van der Waals surface area contributed by atoms with Gasteiger partial charge in [0.05, 0.1) is 6.54 Å². The van der Waals surface area contributed by atoms with Crippen LogP contribution in [0.2, 0.25) is 0 Å². The van der Waals surface area contributed by atoms with Crippen LogP contribution < -0.4 is 16.0 Å². The number of guanidine groups is 1. The van der Waals surface area contributed by atoms with Crippen LogP contribution in [-0.4, -0.2) is 55.5 Å². The summed E-state index contributed by atoms with van der Waals surface area (Å²) < 4.78 is 0. The maximum Gasteiger partial charge on any atom is 0.324 e. The van der Waals surface area contributed by atoms with Gasteiger partial charge in [0.15, 0.2) is 5.96 Å². The first kappa shape index (κ1) is 19.7. The first-order valence-corrected chi connectivity index (χ1v) is 8.21. The molecule has 23 heavy (non-hydrogen) atoms. The molecule has 1 saturated heterocycles. The maximum atomic E-state index is 11.5. The van der Waals surface area contributed by atoms with Crippen LogP contribution in [0.3, 0.4) is 0 Å². The van der Waals surface area contributed by atoms with Crippen molar-refractivity contribution in [3.63, 3.8) is 0 Å². The predicted octanol–water partition coefficient (Wildman–Crippen LogP) is 1.02. The molecule has 0 radical (unpaired) electrons. The van der Waals surface area contributed by atoms with Crippen LogP contribution in [-0.2, 0) is 11.2 Å². The summed E-state index contributed by atoms with van der Waals surface area (Å²) in [5.41, 5.74) is 0. The Bertz CT molecular complexity index is 519. The van der Waals surface area contributed by atoms with Crippen molar-refractivity contribution in [3.05, 3.63) is 22.4 Å². The van der Waals surface area contributed by atoms with Crippen molar-refractivity contribution in [1.29, 1.82) is 0 Å². The Kier molecular flexibility index (Phi) is 8.92. The number of urea groups is 1. The standard InChI is InChI=1S/C14H21N5O2S.HI/c1-2-15-13(16-6-5-11-4-3-9-22-11)17-7-8-19-12(20)10-18-14(19)21;/h3-4,9H,2,5-8,10H2,1H3,(H,18,21)(H2,15,16,17);1H. The Labute approximate surface area is 156 Å². The fourth-order valence-corrected chi connectivity index (χ4v) is 2.74. The van der Waals surface area contributed by atoms with Crippen LogP contribution in [0.1, 0.15) is 11.8 Å². The molecular weight excluding hydrogens is 429 g/mol. The molecule has 1 aromatic rings. The third-order valence-corrected chi connectivity index (χ3v) is 4.05. The molecule has 2 rings (SSSR count). The zero-order valence-corrected chi connectivity index (χ0v) is 16.1. The number of hydrogen-bond donors (Lipinski definition) is 3. The number of carbonyl (C=O) groups is 2. The lowest BCUT2D eigenvalue weighted by atomic mass is 10.3.